The van der Waals surface area contributed by atoms with E-state index in [0.717, 1.165) is 27.6 Å². The van der Waals surface area contributed by atoms with Crippen molar-refractivity contribution in [1.29, 1.82) is 0 Å². The lowest BCUT2D eigenvalue weighted by Gasteiger charge is -2.13. The summed E-state index contributed by atoms with van der Waals surface area (Å²) in [5, 5.41) is 12.4. The zero-order valence-electron chi connectivity index (χ0n) is 29.6. The van der Waals surface area contributed by atoms with Crippen LogP contribution in [0.2, 0.25) is 0 Å². The third-order valence-corrected chi connectivity index (χ3v) is 11.4. The Morgan fingerprint density at radius 2 is 0.782 bits per heavy atom. The van der Waals surface area contributed by atoms with Crippen LogP contribution < -0.4 is 0 Å². The van der Waals surface area contributed by atoms with Gasteiger partial charge in [0.15, 0.2) is 17.5 Å². The van der Waals surface area contributed by atoms with Gasteiger partial charge in [0, 0.05) is 43.8 Å². The Morgan fingerprint density at radius 3 is 1.44 bits per heavy atom. The van der Waals surface area contributed by atoms with E-state index in [1.54, 1.807) is 0 Å². The average molecular weight is 699 g/mol. The lowest BCUT2D eigenvalue weighted by molar-refractivity contribution is 1.08. The first-order valence-electron chi connectivity index (χ1n) is 18.7. The highest BCUT2D eigenvalue weighted by atomic mass is 15.0. The molecule has 3 aromatic heterocycles. The Kier molecular flexibility index (Phi) is 6.31. The predicted molar refractivity (Wildman–Crippen MR) is 229 cm³/mol. The van der Waals surface area contributed by atoms with Crippen molar-refractivity contribution in [2.45, 2.75) is 0 Å². The molecule has 0 atom stereocenters. The molecule has 0 saturated heterocycles. The van der Waals surface area contributed by atoms with Gasteiger partial charge >= 0.3 is 0 Å². The lowest BCUT2D eigenvalue weighted by Crippen LogP contribution is -2.00. The van der Waals surface area contributed by atoms with Crippen molar-refractivity contribution in [2.24, 2.45) is 0 Å². The summed E-state index contributed by atoms with van der Waals surface area (Å²) in [5.41, 5.74) is 8.85. The molecule has 0 fully saturated rings. The Morgan fingerprint density at radius 1 is 0.291 bits per heavy atom. The van der Waals surface area contributed by atoms with Crippen LogP contribution in [0.5, 0.6) is 0 Å². The van der Waals surface area contributed by atoms with E-state index in [-0.39, 0.29) is 0 Å². The number of para-hydroxylation sites is 2. The van der Waals surface area contributed by atoms with E-state index in [4.69, 9.17) is 15.0 Å². The standard InChI is InChI=1S/C51H30N4/c1-3-14-31(15-4-1)49-52-50(32-16-5-2-6-17-32)54-51(53-49)43-29-28-41-40-24-13-23-34(47(40)55-45-25-12-11-22-42(45)46(43)48(41)55)33-26-27-39-37-20-8-7-18-35(37)36-19-9-10-21-38(36)44(39)30-33/h1-30H. The predicted octanol–water partition coefficient (Wildman–Crippen LogP) is 13.1. The number of benzene rings is 9. The average Bonchev–Trinajstić information content (AvgIpc) is 3.79. The second kappa shape index (κ2) is 11.5. The maximum atomic E-state index is 5.17. The van der Waals surface area contributed by atoms with E-state index >= 15 is 0 Å². The van der Waals surface area contributed by atoms with Crippen molar-refractivity contribution in [3.8, 4) is 45.3 Å². The Hall–Kier alpha value is -7.43. The molecule has 4 nitrogen and oxygen atoms in total. The summed E-state index contributed by atoms with van der Waals surface area (Å²) in [5.74, 6) is 1.97. The van der Waals surface area contributed by atoms with Crippen molar-refractivity contribution in [3.63, 3.8) is 0 Å². The topological polar surface area (TPSA) is 43.1 Å². The van der Waals surface area contributed by atoms with Crippen LogP contribution >= 0.6 is 0 Å². The molecule has 12 rings (SSSR count). The number of hydrogen-bond acceptors (Lipinski definition) is 3. The summed E-state index contributed by atoms with van der Waals surface area (Å²) in [6.45, 7) is 0. The van der Waals surface area contributed by atoms with Crippen molar-refractivity contribution >= 4 is 70.4 Å². The van der Waals surface area contributed by atoms with E-state index in [1.807, 2.05) is 36.4 Å². The second-order valence-corrected chi connectivity index (χ2v) is 14.3. The molecular formula is C51H30N4. The number of aromatic nitrogens is 4. The minimum atomic E-state index is 0.655. The summed E-state index contributed by atoms with van der Waals surface area (Å²) in [6.07, 6.45) is 0. The molecule has 254 valence electrons. The Balaban J connectivity index is 1.15. The van der Waals surface area contributed by atoms with E-state index in [0.29, 0.717) is 17.5 Å². The fraction of sp³-hybridized carbons (Fsp3) is 0. The molecule has 0 aliphatic heterocycles. The number of hydrogen-bond donors (Lipinski definition) is 0. The highest BCUT2D eigenvalue weighted by molar-refractivity contribution is 6.29. The maximum Gasteiger partial charge on any atom is 0.164 e. The van der Waals surface area contributed by atoms with Gasteiger partial charge in [0.2, 0.25) is 0 Å². The van der Waals surface area contributed by atoms with Crippen molar-refractivity contribution in [1.82, 2.24) is 19.4 Å². The smallest absolute Gasteiger partial charge is 0.164 e. The largest absolute Gasteiger partial charge is 0.307 e. The Labute approximate surface area is 316 Å². The number of fused-ring (bicyclic) bond motifs is 12. The second-order valence-electron chi connectivity index (χ2n) is 14.3. The SMILES string of the molecule is c1ccc(-c2nc(-c3ccccc3)nc(-c3ccc4c5cccc(-c6ccc7c8ccccc8c8ccccc8c7c6)c5n5c6ccccc6c3c45)n2)cc1. The van der Waals surface area contributed by atoms with E-state index in [1.165, 1.54) is 70.6 Å². The van der Waals surface area contributed by atoms with Crippen LogP contribution in [0.4, 0.5) is 0 Å². The van der Waals surface area contributed by atoms with Crippen LogP contribution in [0.15, 0.2) is 182 Å². The van der Waals surface area contributed by atoms with Gasteiger partial charge in [-0.05, 0) is 56.1 Å². The first-order chi connectivity index (χ1) is 27.3. The lowest BCUT2D eigenvalue weighted by atomic mass is 9.91. The number of rotatable bonds is 4. The quantitative estimate of drug-likeness (QED) is 0.172. The summed E-state index contributed by atoms with van der Waals surface area (Å²) < 4.78 is 2.48. The first kappa shape index (κ1) is 30.1. The molecule has 12 aromatic rings. The van der Waals surface area contributed by atoms with Gasteiger partial charge in [-0.2, -0.15) is 0 Å². The summed E-state index contributed by atoms with van der Waals surface area (Å²) in [7, 11) is 0. The zero-order chi connectivity index (χ0) is 36.0. The third kappa shape index (κ3) is 4.37. The molecule has 3 heterocycles. The minimum absolute atomic E-state index is 0.655. The van der Waals surface area contributed by atoms with Crippen molar-refractivity contribution in [3.05, 3.63) is 182 Å². The van der Waals surface area contributed by atoms with Crippen molar-refractivity contribution < 1.29 is 0 Å². The summed E-state index contributed by atoms with van der Waals surface area (Å²) in [4.78, 5) is 15.3. The summed E-state index contributed by atoms with van der Waals surface area (Å²) in [6, 6.07) is 64.9. The molecular weight excluding hydrogens is 669 g/mol. The van der Waals surface area contributed by atoms with Crippen LogP contribution in [0, 0.1) is 0 Å². The normalized spacial score (nSPS) is 12.0. The van der Waals surface area contributed by atoms with Gasteiger partial charge in [0.1, 0.15) is 0 Å². The maximum absolute atomic E-state index is 5.17. The van der Waals surface area contributed by atoms with Crippen LogP contribution in [0.25, 0.3) is 116 Å². The molecule has 0 amide bonds. The van der Waals surface area contributed by atoms with Crippen LogP contribution in [-0.4, -0.2) is 19.4 Å². The van der Waals surface area contributed by atoms with Crippen molar-refractivity contribution in [2.75, 3.05) is 0 Å². The van der Waals surface area contributed by atoms with Gasteiger partial charge in [-0.1, -0.05) is 164 Å². The molecule has 4 heteroatoms. The molecule has 0 aliphatic rings. The van der Waals surface area contributed by atoms with Crippen LogP contribution in [-0.2, 0) is 0 Å². The number of nitrogens with zero attached hydrogens (tertiary/aromatic N) is 4. The fourth-order valence-electron chi connectivity index (χ4n) is 8.97. The molecule has 55 heavy (non-hydrogen) atoms. The molecule has 0 saturated carbocycles. The molecule has 0 N–H and O–H groups in total. The zero-order valence-corrected chi connectivity index (χ0v) is 29.6. The highest BCUT2D eigenvalue weighted by Gasteiger charge is 2.24. The molecule has 0 spiro atoms. The first-order valence-corrected chi connectivity index (χ1v) is 18.7. The van der Waals surface area contributed by atoms with E-state index in [9.17, 15) is 0 Å². The molecule has 0 aliphatic carbocycles. The monoisotopic (exact) mass is 698 g/mol. The van der Waals surface area contributed by atoms with E-state index < -0.39 is 0 Å². The van der Waals surface area contributed by atoms with Gasteiger partial charge in [0.25, 0.3) is 0 Å². The molecule has 0 radical (unpaired) electrons. The molecule has 0 unspecified atom stereocenters. The van der Waals surface area contributed by atoms with Gasteiger partial charge in [0.05, 0.1) is 16.6 Å². The fourth-order valence-corrected chi connectivity index (χ4v) is 8.97. The minimum Gasteiger partial charge on any atom is -0.307 e. The summed E-state index contributed by atoms with van der Waals surface area (Å²) >= 11 is 0. The van der Waals surface area contributed by atoms with Gasteiger partial charge in [-0.15, -0.1) is 0 Å². The van der Waals surface area contributed by atoms with E-state index in [2.05, 4.69) is 150 Å². The van der Waals surface area contributed by atoms with Gasteiger partial charge in [-0.3, -0.25) is 0 Å². The van der Waals surface area contributed by atoms with Gasteiger partial charge < -0.3 is 4.40 Å². The third-order valence-electron chi connectivity index (χ3n) is 11.4. The molecule has 9 aromatic carbocycles. The van der Waals surface area contributed by atoms with Crippen LogP contribution in [0.1, 0.15) is 0 Å². The molecule has 0 bridgehead atoms. The highest BCUT2D eigenvalue weighted by Crippen LogP contribution is 2.46. The van der Waals surface area contributed by atoms with Crippen LogP contribution in [0.3, 0.4) is 0 Å². The van der Waals surface area contributed by atoms with Gasteiger partial charge in [-0.25, -0.2) is 15.0 Å². The Bertz CT molecular complexity index is 3380.